The molecule has 0 saturated carbocycles. The maximum Gasteiger partial charge on any atom is 0.111 e. The number of nitrogens with zero attached hydrogens (tertiary/aromatic N) is 2. The molecule has 2 aliphatic rings. The Labute approximate surface area is 84.5 Å². The molecule has 2 aliphatic heterocycles. The van der Waals surface area contributed by atoms with E-state index in [9.17, 15) is 0 Å². The lowest BCUT2D eigenvalue weighted by atomic mass is 9.92. The van der Waals surface area contributed by atoms with Crippen LogP contribution in [0.15, 0.2) is 12.4 Å². The van der Waals surface area contributed by atoms with Crippen molar-refractivity contribution in [3.05, 3.63) is 18.2 Å². The fraction of sp³-hybridized carbons (Fsp3) is 0.727. The number of hydrogen-bond acceptors (Lipinski definition) is 2. The molecule has 14 heavy (non-hydrogen) atoms. The zero-order valence-electron chi connectivity index (χ0n) is 8.61. The van der Waals surface area contributed by atoms with E-state index < -0.39 is 0 Å². The van der Waals surface area contributed by atoms with E-state index in [1.165, 1.54) is 31.5 Å². The van der Waals surface area contributed by atoms with Gasteiger partial charge in [-0.15, -0.1) is 0 Å². The summed E-state index contributed by atoms with van der Waals surface area (Å²) < 4.78 is 2.18. The second kappa shape index (κ2) is 3.09. The van der Waals surface area contributed by atoms with Gasteiger partial charge in [-0.25, -0.2) is 4.98 Å². The van der Waals surface area contributed by atoms with Gasteiger partial charge in [0.25, 0.3) is 0 Å². The van der Waals surface area contributed by atoms with Crippen LogP contribution in [0.2, 0.25) is 0 Å². The van der Waals surface area contributed by atoms with Crippen molar-refractivity contribution in [3.63, 3.8) is 0 Å². The molecule has 3 atom stereocenters. The maximum atomic E-state index is 4.47. The summed E-state index contributed by atoms with van der Waals surface area (Å²) in [6, 6.07) is 1.52. The van der Waals surface area contributed by atoms with E-state index >= 15 is 0 Å². The van der Waals surface area contributed by atoms with Gasteiger partial charge in [-0.3, -0.25) is 0 Å². The van der Waals surface area contributed by atoms with Crippen molar-refractivity contribution < 1.29 is 0 Å². The van der Waals surface area contributed by atoms with Crippen molar-refractivity contribution in [2.75, 3.05) is 0 Å². The third-order valence-electron chi connectivity index (χ3n) is 3.70. The van der Waals surface area contributed by atoms with Gasteiger partial charge in [-0.05, 0) is 25.7 Å². The number of aryl methyl sites for hydroxylation is 1. The van der Waals surface area contributed by atoms with Crippen molar-refractivity contribution in [3.8, 4) is 0 Å². The zero-order valence-corrected chi connectivity index (χ0v) is 8.61. The van der Waals surface area contributed by atoms with E-state index in [1.54, 1.807) is 0 Å². The predicted molar refractivity (Wildman–Crippen MR) is 55.1 cm³/mol. The number of rotatable bonds is 1. The Hall–Kier alpha value is -0.830. The highest BCUT2D eigenvalue weighted by Crippen LogP contribution is 2.36. The summed E-state index contributed by atoms with van der Waals surface area (Å²) in [7, 11) is 2.10. The van der Waals surface area contributed by atoms with Crippen molar-refractivity contribution in [2.45, 2.75) is 43.7 Å². The van der Waals surface area contributed by atoms with Gasteiger partial charge < -0.3 is 9.88 Å². The molecule has 3 nitrogen and oxygen atoms in total. The maximum absolute atomic E-state index is 4.47. The summed E-state index contributed by atoms with van der Waals surface area (Å²) in [5.41, 5.74) is 0. The minimum absolute atomic E-state index is 0.689. The third kappa shape index (κ3) is 1.27. The van der Waals surface area contributed by atoms with Crippen molar-refractivity contribution in [1.29, 1.82) is 0 Å². The van der Waals surface area contributed by atoms with Gasteiger partial charge in [0.2, 0.25) is 0 Å². The van der Waals surface area contributed by atoms with E-state index in [1.807, 2.05) is 6.20 Å². The molecule has 3 rings (SSSR count). The predicted octanol–water partition coefficient (Wildman–Crippen LogP) is 1.42. The van der Waals surface area contributed by atoms with Gasteiger partial charge in [-0.2, -0.15) is 0 Å². The van der Waals surface area contributed by atoms with Crippen LogP contribution in [0.4, 0.5) is 0 Å². The standard InChI is InChI=1S/C11H17N3/c1-14-5-4-12-11(14)8-6-9-2-3-10(7-8)13-9/h4-5,8-10,13H,2-3,6-7H2,1H3/t8?,9-,10+. The molecule has 1 aromatic heterocycles. The SMILES string of the molecule is Cn1ccnc1C1C[C@H]2CC[C@@H](C1)N2. The molecule has 2 fully saturated rings. The van der Waals surface area contributed by atoms with E-state index in [2.05, 4.69) is 28.1 Å². The number of piperidine rings is 1. The summed E-state index contributed by atoms with van der Waals surface area (Å²) in [5, 5.41) is 3.66. The van der Waals surface area contributed by atoms with E-state index in [4.69, 9.17) is 0 Å². The zero-order chi connectivity index (χ0) is 9.54. The molecule has 1 unspecified atom stereocenters. The van der Waals surface area contributed by atoms with Crippen molar-refractivity contribution in [2.24, 2.45) is 7.05 Å². The van der Waals surface area contributed by atoms with Gasteiger partial charge >= 0.3 is 0 Å². The molecule has 3 heterocycles. The Bertz CT molecular complexity index is 319. The average molecular weight is 191 g/mol. The largest absolute Gasteiger partial charge is 0.338 e. The number of hydrogen-bond donors (Lipinski definition) is 1. The molecular formula is C11H17N3. The minimum atomic E-state index is 0.689. The summed E-state index contributed by atoms with van der Waals surface area (Å²) >= 11 is 0. The van der Waals surface area contributed by atoms with Crippen LogP contribution in [-0.4, -0.2) is 21.6 Å². The summed E-state index contributed by atoms with van der Waals surface area (Å²) in [5.74, 6) is 1.97. The van der Waals surface area contributed by atoms with Crippen LogP contribution in [0.3, 0.4) is 0 Å². The number of imidazole rings is 1. The highest BCUT2D eigenvalue weighted by Gasteiger charge is 2.35. The Kier molecular flexibility index (Phi) is 1.87. The Morgan fingerprint density at radius 2 is 2.07 bits per heavy atom. The first-order valence-corrected chi connectivity index (χ1v) is 5.56. The van der Waals surface area contributed by atoms with Crippen molar-refractivity contribution in [1.82, 2.24) is 14.9 Å². The molecule has 3 heteroatoms. The molecule has 2 bridgehead atoms. The smallest absolute Gasteiger partial charge is 0.111 e. The molecule has 1 N–H and O–H groups in total. The number of nitrogens with one attached hydrogen (secondary N) is 1. The average Bonchev–Trinajstić information content (AvgIpc) is 2.73. The molecular weight excluding hydrogens is 174 g/mol. The monoisotopic (exact) mass is 191 g/mol. The van der Waals surface area contributed by atoms with Crippen molar-refractivity contribution >= 4 is 0 Å². The first kappa shape index (κ1) is 8.48. The lowest BCUT2D eigenvalue weighted by molar-refractivity contribution is 0.350. The molecule has 2 saturated heterocycles. The van der Waals surface area contributed by atoms with Crippen LogP contribution in [0, 0.1) is 0 Å². The van der Waals surface area contributed by atoms with Crippen LogP contribution in [-0.2, 0) is 7.05 Å². The Morgan fingerprint density at radius 3 is 2.64 bits per heavy atom. The molecule has 0 aliphatic carbocycles. The summed E-state index contributed by atoms with van der Waals surface area (Å²) in [6.07, 6.45) is 9.26. The topological polar surface area (TPSA) is 29.9 Å². The number of fused-ring (bicyclic) bond motifs is 2. The quantitative estimate of drug-likeness (QED) is 0.727. The highest BCUT2D eigenvalue weighted by molar-refractivity contribution is 5.07. The third-order valence-corrected chi connectivity index (χ3v) is 3.70. The molecule has 0 amide bonds. The summed E-state index contributed by atoms with van der Waals surface area (Å²) in [6.45, 7) is 0. The lowest BCUT2D eigenvalue weighted by Gasteiger charge is -2.28. The second-order valence-electron chi connectivity index (χ2n) is 4.70. The first-order chi connectivity index (χ1) is 6.83. The van der Waals surface area contributed by atoms with Gasteiger partial charge in [0.05, 0.1) is 0 Å². The van der Waals surface area contributed by atoms with Gasteiger partial charge in [-0.1, -0.05) is 0 Å². The van der Waals surface area contributed by atoms with Crippen LogP contribution >= 0.6 is 0 Å². The second-order valence-corrected chi connectivity index (χ2v) is 4.70. The molecule has 0 radical (unpaired) electrons. The van der Waals surface area contributed by atoms with Crippen LogP contribution in [0.5, 0.6) is 0 Å². The number of aromatic nitrogens is 2. The normalized spacial score (nSPS) is 36.2. The van der Waals surface area contributed by atoms with E-state index in [-0.39, 0.29) is 0 Å². The Balaban J connectivity index is 1.84. The molecule has 0 spiro atoms. The minimum Gasteiger partial charge on any atom is -0.338 e. The first-order valence-electron chi connectivity index (χ1n) is 5.56. The van der Waals surface area contributed by atoms with Crippen LogP contribution < -0.4 is 5.32 Å². The molecule has 1 aromatic rings. The van der Waals surface area contributed by atoms with E-state index in [0.717, 1.165) is 12.1 Å². The molecule has 0 aromatic carbocycles. The van der Waals surface area contributed by atoms with Crippen LogP contribution in [0.25, 0.3) is 0 Å². The van der Waals surface area contributed by atoms with E-state index in [0.29, 0.717) is 5.92 Å². The van der Waals surface area contributed by atoms with Gasteiger partial charge in [0.15, 0.2) is 0 Å². The lowest BCUT2D eigenvalue weighted by Crippen LogP contribution is -2.37. The summed E-state index contributed by atoms with van der Waals surface area (Å²) in [4.78, 5) is 4.47. The fourth-order valence-corrected chi connectivity index (χ4v) is 3.04. The van der Waals surface area contributed by atoms with Crippen LogP contribution in [0.1, 0.15) is 37.4 Å². The fourth-order valence-electron chi connectivity index (χ4n) is 3.04. The highest BCUT2D eigenvalue weighted by atomic mass is 15.1. The van der Waals surface area contributed by atoms with Gasteiger partial charge in [0, 0.05) is 37.4 Å². The van der Waals surface area contributed by atoms with Gasteiger partial charge in [0.1, 0.15) is 5.82 Å². The molecule has 76 valence electrons. The Morgan fingerprint density at radius 1 is 1.36 bits per heavy atom.